The van der Waals surface area contributed by atoms with E-state index >= 15 is 0 Å². The highest BCUT2D eigenvalue weighted by Gasteiger charge is 2.27. The summed E-state index contributed by atoms with van der Waals surface area (Å²) in [4.78, 5) is 12.1. The first-order chi connectivity index (χ1) is 12.4. The lowest BCUT2D eigenvalue weighted by atomic mass is 9.93. The molecule has 0 spiro atoms. The van der Waals surface area contributed by atoms with Crippen molar-refractivity contribution >= 4 is 21.9 Å². The number of rotatable bonds is 7. The minimum atomic E-state index is -4.77. The van der Waals surface area contributed by atoms with Crippen LogP contribution in [0.1, 0.15) is 22.8 Å². The Balaban J connectivity index is 2.66. The molecule has 0 aliphatic carbocycles. The molecule has 26 heavy (non-hydrogen) atoms. The normalized spacial score (nSPS) is 13.1. The lowest BCUT2D eigenvalue weighted by Gasteiger charge is -2.20. The van der Waals surface area contributed by atoms with Crippen molar-refractivity contribution in [2.45, 2.75) is 6.10 Å². The monoisotopic (exact) mass is 378 g/mol. The van der Waals surface area contributed by atoms with Crippen molar-refractivity contribution in [3.8, 4) is 0 Å². The second-order valence-corrected chi connectivity index (χ2v) is 6.21. The van der Waals surface area contributed by atoms with E-state index in [1.165, 1.54) is 20.5 Å². The van der Waals surface area contributed by atoms with Gasteiger partial charge in [-0.25, -0.2) is 8.98 Å². The predicted molar refractivity (Wildman–Crippen MR) is 94.4 cm³/mol. The molecule has 0 bridgehead atoms. The van der Waals surface area contributed by atoms with Gasteiger partial charge in [-0.2, -0.15) is 8.42 Å². The van der Waals surface area contributed by atoms with Gasteiger partial charge in [-0.1, -0.05) is 54.6 Å². The van der Waals surface area contributed by atoms with Crippen molar-refractivity contribution in [2.75, 3.05) is 14.2 Å². The molecule has 2 aromatic carbocycles. The van der Waals surface area contributed by atoms with Crippen LogP contribution in [0.5, 0.6) is 0 Å². The van der Waals surface area contributed by atoms with Crippen LogP contribution in [0.4, 0.5) is 0 Å². The van der Waals surface area contributed by atoms with Crippen LogP contribution in [-0.2, 0) is 28.9 Å². The summed E-state index contributed by atoms with van der Waals surface area (Å²) in [6.45, 7) is 0. The van der Waals surface area contributed by atoms with Crippen molar-refractivity contribution in [2.24, 2.45) is 0 Å². The third kappa shape index (κ3) is 4.92. The third-order valence-corrected chi connectivity index (χ3v) is 3.93. The SMILES string of the molecule is COC=C(C(=O)OC)c1ccccc1C(OS(=O)(=O)O)c1ccccc1. The molecule has 0 aliphatic rings. The van der Waals surface area contributed by atoms with E-state index in [2.05, 4.69) is 0 Å². The van der Waals surface area contributed by atoms with E-state index in [4.69, 9.17) is 13.7 Å². The van der Waals surface area contributed by atoms with Gasteiger partial charge in [0.2, 0.25) is 0 Å². The molecule has 0 saturated carbocycles. The number of hydrogen-bond donors (Lipinski definition) is 1. The van der Waals surface area contributed by atoms with Gasteiger partial charge in [0.15, 0.2) is 0 Å². The zero-order valence-electron chi connectivity index (χ0n) is 14.2. The smallest absolute Gasteiger partial charge is 0.398 e. The van der Waals surface area contributed by atoms with Gasteiger partial charge in [0.25, 0.3) is 0 Å². The first kappa shape index (κ1) is 19.6. The van der Waals surface area contributed by atoms with Gasteiger partial charge in [-0.05, 0) is 16.7 Å². The summed E-state index contributed by atoms with van der Waals surface area (Å²) in [6.07, 6.45) is 0.0208. The van der Waals surface area contributed by atoms with Crippen molar-refractivity contribution in [3.05, 3.63) is 77.5 Å². The number of methoxy groups -OCH3 is 2. The molecule has 138 valence electrons. The molecule has 1 N–H and O–H groups in total. The quantitative estimate of drug-likeness (QED) is 0.342. The Bertz CT molecular complexity index is 889. The molecule has 2 aromatic rings. The maximum atomic E-state index is 12.1. The second-order valence-electron chi connectivity index (χ2n) is 5.16. The number of carbonyl (C=O) groups is 1. The highest BCUT2D eigenvalue weighted by atomic mass is 32.3. The topological polar surface area (TPSA) is 99.1 Å². The van der Waals surface area contributed by atoms with Crippen molar-refractivity contribution in [1.82, 2.24) is 0 Å². The third-order valence-electron chi connectivity index (χ3n) is 3.49. The van der Waals surface area contributed by atoms with Crippen LogP contribution in [0.2, 0.25) is 0 Å². The minimum Gasteiger partial charge on any atom is -0.503 e. The van der Waals surface area contributed by atoms with E-state index in [-0.39, 0.29) is 5.57 Å². The number of esters is 1. The summed E-state index contributed by atoms with van der Waals surface area (Å²) in [5.74, 6) is -0.669. The molecule has 7 nitrogen and oxygen atoms in total. The number of carbonyl (C=O) groups excluding carboxylic acids is 1. The maximum absolute atomic E-state index is 12.1. The van der Waals surface area contributed by atoms with Crippen LogP contribution in [0.3, 0.4) is 0 Å². The number of benzene rings is 2. The van der Waals surface area contributed by atoms with Gasteiger partial charge >= 0.3 is 16.4 Å². The van der Waals surface area contributed by atoms with Crippen LogP contribution in [0.25, 0.3) is 5.57 Å². The lowest BCUT2D eigenvalue weighted by molar-refractivity contribution is -0.133. The molecule has 2 rings (SSSR count). The Morgan fingerprint density at radius 1 is 1.04 bits per heavy atom. The summed E-state index contributed by atoms with van der Waals surface area (Å²) in [5, 5.41) is 0. The van der Waals surface area contributed by atoms with E-state index in [0.717, 1.165) is 0 Å². The van der Waals surface area contributed by atoms with Crippen LogP contribution >= 0.6 is 0 Å². The van der Waals surface area contributed by atoms with Gasteiger partial charge in [-0.15, -0.1) is 0 Å². The van der Waals surface area contributed by atoms with E-state index in [1.54, 1.807) is 54.6 Å². The molecule has 0 aliphatic heterocycles. The van der Waals surface area contributed by atoms with Gasteiger partial charge in [0, 0.05) is 0 Å². The van der Waals surface area contributed by atoms with E-state index < -0.39 is 22.5 Å². The Labute approximate surface area is 151 Å². The average Bonchev–Trinajstić information content (AvgIpc) is 2.64. The molecule has 1 atom stereocenters. The van der Waals surface area contributed by atoms with Gasteiger partial charge in [0.05, 0.1) is 20.5 Å². The minimum absolute atomic E-state index is 0.0745. The first-order valence-electron chi connectivity index (χ1n) is 7.48. The highest BCUT2D eigenvalue weighted by molar-refractivity contribution is 7.80. The molecule has 8 heteroatoms. The molecule has 0 saturated heterocycles. The highest BCUT2D eigenvalue weighted by Crippen LogP contribution is 2.33. The zero-order valence-corrected chi connectivity index (χ0v) is 15.0. The largest absolute Gasteiger partial charge is 0.503 e. The Kier molecular flexibility index (Phi) is 6.51. The molecule has 0 aromatic heterocycles. The Morgan fingerprint density at radius 2 is 1.65 bits per heavy atom. The van der Waals surface area contributed by atoms with Crippen molar-refractivity contribution in [3.63, 3.8) is 0 Å². The van der Waals surface area contributed by atoms with E-state index in [1.807, 2.05) is 0 Å². The van der Waals surface area contributed by atoms with Crippen LogP contribution in [-0.4, -0.2) is 33.2 Å². The van der Waals surface area contributed by atoms with E-state index in [0.29, 0.717) is 16.7 Å². The molecule has 0 heterocycles. The van der Waals surface area contributed by atoms with Crippen molar-refractivity contribution < 1.29 is 31.4 Å². The average molecular weight is 378 g/mol. The summed E-state index contributed by atoms with van der Waals surface area (Å²) in [7, 11) is -2.18. The lowest BCUT2D eigenvalue weighted by Crippen LogP contribution is -2.15. The number of ether oxygens (including phenoxy) is 2. The van der Waals surface area contributed by atoms with Crippen LogP contribution in [0, 0.1) is 0 Å². The standard InChI is InChI=1S/C18H18O7S/c1-23-12-16(18(19)24-2)14-10-6-7-11-15(14)17(25-26(20,21)22)13-8-4-3-5-9-13/h3-12,17H,1-2H3,(H,20,21,22). The van der Waals surface area contributed by atoms with Crippen molar-refractivity contribution in [1.29, 1.82) is 0 Å². The fraction of sp³-hybridized carbons (Fsp3) is 0.167. The number of hydrogen-bond acceptors (Lipinski definition) is 6. The second kappa shape index (κ2) is 8.61. The zero-order chi connectivity index (χ0) is 19.2. The molecule has 0 amide bonds. The fourth-order valence-corrected chi connectivity index (χ4v) is 2.91. The summed E-state index contributed by atoms with van der Waals surface area (Å²) >= 11 is 0. The Hall–Kier alpha value is -2.68. The first-order valence-corrected chi connectivity index (χ1v) is 8.85. The van der Waals surface area contributed by atoms with Crippen LogP contribution in [0.15, 0.2) is 60.9 Å². The Morgan fingerprint density at radius 3 is 2.23 bits per heavy atom. The van der Waals surface area contributed by atoms with Crippen LogP contribution < -0.4 is 0 Å². The molecule has 0 fully saturated rings. The van der Waals surface area contributed by atoms with Gasteiger partial charge in [0.1, 0.15) is 11.7 Å². The predicted octanol–water partition coefficient (Wildman–Crippen LogP) is 2.76. The summed E-state index contributed by atoms with van der Waals surface area (Å²) in [5.41, 5.74) is 1.23. The molecular weight excluding hydrogens is 360 g/mol. The van der Waals surface area contributed by atoms with Gasteiger partial charge < -0.3 is 9.47 Å². The van der Waals surface area contributed by atoms with Gasteiger partial charge in [-0.3, -0.25) is 4.55 Å². The summed E-state index contributed by atoms with van der Waals surface area (Å²) < 4.78 is 46.6. The molecule has 0 radical (unpaired) electrons. The van der Waals surface area contributed by atoms with E-state index in [9.17, 15) is 17.8 Å². The fourth-order valence-electron chi connectivity index (χ4n) is 2.46. The summed E-state index contributed by atoms with van der Waals surface area (Å²) in [6, 6.07) is 14.9. The molecular formula is C18H18O7S. The maximum Gasteiger partial charge on any atom is 0.398 e. The molecule has 1 unspecified atom stereocenters.